The molecule has 0 radical (unpaired) electrons. The fourth-order valence-electron chi connectivity index (χ4n) is 2.44. The highest BCUT2D eigenvalue weighted by molar-refractivity contribution is 8.01. The van der Waals surface area contributed by atoms with E-state index in [9.17, 15) is 4.79 Å². The van der Waals surface area contributed by atoms with Gasteiger partial charge in [-0.15, -0.1) is 24.2 Å². The van der Waals surface area contributed by atoms with E-state index in [0.717, 1.165) is 19.3 Å². The van der Waals surface area contributed by atoms with Gasteiger partial charge in [-0.3, -0.25) is 4.79 Å². The first-order valence-corrected chi connectivity index (χ1v) is 7.78. The highest BCUT2D eigenvalue weighted by atomic mass is 35.5. The predicted octanol–water partition coefficient (Wildman–Crippen LogP) is 2.76. The number of thioether (sulfide) groups is 1. The van der Waals surface area contributed by atoms with Gasteiger partial charge in [0.2, 0.25) is 5.91 Å². The van der Waals surface area contributed by atoms with Gasteiger partial charge in [-0.2, -0.15) is 0 Å². The van der Waals surface area contributed by atoms with Crippen molar-refractivity contribution < 1.29 is 4.79 Å². The number of hydrogen-bond acceptors (Lipinski definition) is 3. The van der Waals surface area contributed by atoms with Gasteiger partial charge in [-0.1, -0.05) is 32.0 Å². The van der Waals surface area contributed by atoms with Gasteiger partial charge in [0.05, 0.1) is 10.8 Å². The monoisotopic (exact) mass is 314 g/mol. The molecule has 0 aliphatic carbocycles. The van der Waals surface area contributed by atoms with Gasteiger partial charge in [0.1, 0.15) is 0 Å². The fraction of sp³-hybridized carbons (Fsp3) is 0.533. The first kappa shape index (κ1) is 17.3. The summed E-state index contributed by atoms with van der Waals surface area (Å²) in [4.78, 5) is 13.6. The molecular weight excluding hydrogens is 292 g/mol. The predicted molar refractivity (Wildman–Crippen MR) is 87.5 cm³/mol. The number of rotatable bonds is 5. The van der Waals surface area contributed by atoms with E-state index in [-0.39, 0.29) is 29.1 Å². The van der Waals surface area contributed by atoms with Crippen molar-refractivity contribution in [3.8, 4) is 0 Å². The highest BCUT2D eigenvalue weighted by Crippen LogP contribution is 2.37. The Morgan fingerprint density at radius 1 is 1.40 bits per heavy atom. The number of hydrogen-bond donors (Lipinski definition) is 2. The molecule has 1 aliphatic rings. The number of carbonyl (C=O) groups excluding carboxylic acids is 1. The molecule has 2 rings (SSSR count). The van der Waals surface area contributed by atoms with E-state index in [4.69, 9.17) is 5.73 Å². The Hall–Kier alpha value is -0.710. The van der Waals surface area contributed by atoms with Gasteiger partial charge in [0.15, 0.2) is 0 Å². The van der Waals surface area contributed by atoms with Crippen LogP contribution in [0.2, 0.25) is 0 Å². The molecule has 3 N–H and O–H groups in total. The van der Waals surface area contributed by atoms with E-state index in [2.05, 4.69) is 31.3 Å². The first-order valence-electron chi connectivity index (χ1n) is 6.90. The molecule has 1 atom stereocenters. The molecule has 1 unspecified atom stereocenters. The molecule has 112 valence electrons. The van der Waals surface area contributed by atoms with Crippen molar-refractivity contribution in [2.24, 2.45) is 5.73 Å². The number of nitrogens with one attached hydrogen (secondary N) is 1. The molecule has 1 aliphatic heterocycles. The molecule has 20 heavy (non-hydrogen) atoms. The quantitative estimate of drug-likeness (QED) is 0.878. The normalized spacial score (nSPS) is 17.2. The van der Waals surface area contributed by atoms with Crippen LogP contribution in [0.1, 0.15) is 32.3 Å². The van der Waals surface area contributed by atoms with Crippen molar-refractivity contribution in [1.82, 2.24) is 5.32 Å². The summed E-state index contributed by atoms with van der Waals surface area (Å²) >= 11 is 1.66. The number of nitrogens with two attached hydrogens (primary N) is 1. The molecule has 1 aromatic carbocycles. The zero-order chi connectivity index (χ0) is 13.9. The van der Waals surface area contributed by atoms with E-state index < -0.39 is 0 Å². The number of halogens is 1. The lowest BCUT2D eigenvalue weighted by Crippen LogP contribution is -2.55. The van der Waals surface area contributed by atoms with Crippen LogP contribution in [-0.2, 0) is 11.2 Å². The standard InChI is InChI=1S/C15H22N2OS.ClH/c1-3-15(4-2,10-16)17-14(18)13-9-11-7-5-6-8-12(11)19-13;/h5-8,13H,3-4,9-10,16H2,1-2H3,(H,17,18);1H. The third-order valence-electron chi connectivity index (χ3n) is 4.07. The Labute approximate surface area is 131 Å². The van der Waals surface area contributed by atoms with E-state index >= 15 is 0 Å². The second kappa shape index (κ2) is 7.34. The molecule has 0 bridgehead atoms. The van der Waals surface area contributed by atoms with Crippen LogP contribution in [0, 0.1) is 0 Å². The molecule has 0 fully saturated rings. The molecule has 1 heterocycles. The van der Waals surface area contributed by atoms with Gasteiger partial charge in [-0.25, -0.2) is 0 Å². The largest absolute Gasteiger partial charge is 0.348 e. The fourth-order valence-corrected chi connectivity index (χ4v) is 3.63. The number of amides is 1. The van der Waals surface area contributed by atoms with Crippen LogP contribution in [0.4, 0.5) is 0 Å². The average Bonchev–Trinajstić information content (AvgIpc) is 2.89. The zero-order valence-corrected chi connectivity index (χ0v) is 13.7. The smallest absolute Gasteiger partial charge is 0.234 e. The molecule has 3 nitrogen and oxygen atoms in total. The van der Waals surface area contributed by atoms with E-state index in [1.54, 1.807) is 11.8 Å². The third kappa shape index (κ3) is 3.48. The Bertz CT molecular complexity index is 430. The summed E-state index contributed by atoms with van der Waals surface area (Å²) in [5, 5.41) is 3.16. The molecule has 0 saturated carbocycles. The van der Waals surface area contributed by atoms with Crippen molar-refractivity contribution in [3.05, 3.63) is 29.8 Å². The van der Waals surface area contributed by atoms with Gasteiger partial charge in [0, 0.05) is 11.4 Å². The summed E-state index contributed by atoms with van der Waals surface area (Å²) < 4.78 is 0. The van der Waals surface area contributed by atoms with Crippen LogP contribution in [0.15, 0.2) is 29.2 Å². The summed E-state index contributed by atoms with van der Waals surface area (Å²) in [5.41, 5.74) is 6.87. The van der Waals surface area contributed by atoms with Gasteiger partial charge in [0.25, 0.3) is 0 Å². The topological polar surface area (TPSA) is 55.1 Å². The summed E-state index contributed by atoms with van der Waals surface area (Å²) in [7, 11) is 0. The van der Waals surface area contributed by atoms with Crippen LogP contribution >= 0.6 is 24.2 Å². The van der Waals surface area contributed by atoms with Crippen LogP contribution in [0.25, 0.3) is 0 Å². The second-order valence-corrected chi connectivity index (χ2v) is 6.34. The lowest BCUT2D eigenvalue weighted by atomic mass is 9.92. The number of benzene rings is 1. The van der Waals surface area contributed by atoms with Crippen LogP contribution < -0.4 is 11.1 Å². The first-order chi connectivity index (χ1) is 9.14. The molecule has 0 aromatic heterocycles. The second-order valence-electron chi connectivity index (χ2n) is 5.10. The summed E-state index contributed by atoms with van der Waals surface area (Å²) in [6.07, 6.45) is 2.56. The molecule has 1 amide bonds. The molecule has 0 spiro atoms. The molecule has 1 aromatic rings. The number of carbonyl (C=O) groups is 1. The maximum atomic E-state index is 12.4. The summed E-state index contributed by atoms with van der Waals surface area (Å²) in [6.45, 7) is 4.65. The maximum absolute atomic E-state index is 12.4. The zero-order valence-electron chi connectivity index (χ0n) is 12.0. The van der Waals surface area contributed by atoms with E-state index in [0.29, 0.717) is 6.54 Å². The Morgan fingerprint density at radius 3 is 2.60 bits per heavy atom. The highest BCUT2D eigenvalue weighted by Gasteiger charge is 2.33. The molecular formula is C15H23ClN2OS. The maximum Gasteiger partial charge on any atom is 0.234 e. The van der Waals surface area contributed by atoms with Crippen molar-refractivity contribution in [2.75, 3.05) is 6.54 Å². The van der Waals surface area contributed by atoms with Crippen LogP contribution in [0.5, 0.6) is 0 Å². The van der Waals surface area contributed by atoms with E-state index in [1.807, 2.05) is 12.1 Å². The SMILES string of the molecule is CCC(CC)(CN)NC(=O)C1Cc2ccccc2S1.Cl. The summed E-state index contributed by atoms with van der Waals surface area (Å²) in [5.74, 6) is 0.121. The minimum atomic E-state index is -0.244. The Morgan fingerprint density at radius 2 is 2.05 bits per heavy atom. The third-order valence-corrected chi connectivity index (χ3v) is 5.39. The summed E-state index contributed by atoms with van der Waals surface area (Å²) in [6, 6.07) is 8.24. The van der Waals surface area contributed by atoms with Crippen LogP contribution in [0.3, 0.4) is 0 Å². The van der Waals surface area contributed by atoms with Gasteiger partial charge >= 0.3 is 0 Å². The van der Waals surface area contributed by atoms with E-state index in [1.165, 1.54) is 10.5 Å². The van der Waals surface area contributed by atoms with Crippen LogP contribution in [-0.4, -0.2) is 23.2 Å². The van der Waals surface area contributed by atoms with Crippen molar-refractivity contribution >= 4 is 30.1 Å². The van der Waals surface area contributed by atoms with Gasteiger partial charge < -0.3 is 11.1 Å². The minimum Gasteiger partial charge on any atom is -0.348 e. The lowest BCUT2D eigenvalue weighted by molar-refractivity contribution is -0.122. The molecule has 0 saturated heterocycles. The lowest BCUT2D eigenvalue weighted by Gasteiger charge is -2.32. The van der Waals surface area contributed by atoms with Gasteiger partial charge in [-0.05, 0) is 30.9 Å². The average molecular weight is 315 g/mol. The minimum absolute atomic E-state index is 0. The Kier molecular flexibility index (Phi) is 6.37. The number of fused-ring (bicyclic) bond motifs is 1. The van der Waals surface area contributed by atoms with Crippen molar-refractivity contribution in [3.63, 3.8) is 0 Å². The Balaban J connectivity index is 0.00000200. The van der Waals surface area contributed by atoms with Crippen molar-refractivity contribution in [2.45, 2.75) is 48.8 Å². The van der Waals surface area contributed by atoms with Crippen molar-refractivity contribution in [1.29, 1.82) is 0 Å². The molecule has 5 heteroatoms.